The van der Waals surface area contributed by atoms with Crippen LogP contribution in [0.4, 0.5) is 0 Å². The van der Waals surface area contributed by atoms with Gasteiger partial charge in [0.2, 0.25) is 0 Å². The minimum atomic E-state index is -0.167. The Bertz CT molecular complexity index is 1640. The molecular formula is C48H64N2O6. The number of ether oxygens (including phenoxy) is 4. The topological polar surface area (TPSA) is 113 Å². The summed E-state index contributed by atoms with van der Waals surface area (Å²) in [4.78, 5) is 7.18. The van der Waals surface area contributed by atoms with Crippen molar-refractivity contribution in [2.24, 2.45) is 0 Å². The number of aromatic nitrogens is 2. The fourth-order valence-electron chi connectivity index (χ4n) is 4.64. The van der Waals surface area contributed by atoms with Crippen LogP contribution in [0.3, 0.4) is 0 Å². The van der Waals surface area contributed by atoms with E-state index in [1.54, 1.807) is 0 Å². The van der Waals surface area contributed by atoms with Crippen molar-refractivity contribution in [2.45, 2.75) is 86.2 Å². The maximum Gasteiger partial charge on any atom is 0.137 e. The maximum absolute atomic E-state index is 9.03. The summed E-state index contributed by atoms with van der Waals surface area (Å²) in [5.41, 5.74) is 4.69. The molecule has 3 aliphatic rings. The van der Waals surface area contributed by atoms with Gasteiger partial charge in [0.1, 0.15) is 42.7 Å². The van der Waals surface area contributed by atoms with E-state index in [0.29, 0.717) is 42.6 Å². The zero-order valence-corrected chi connectivity index (χ0v) is 33.0. The van der Waals surface area contributed by atoms with Gasteiger partial charge in [0, 0.05) is 5.56 Å². The van der Waals surface area contributed by atoms with Gasteiger partial charge in [-0.3, -0.25) is 0 Å². The minimum absolute atomic E-state index is 0. The van der Waals surface area contributed by atoms with Crippen LogP contribution in [0, 0.1) is 0 Å². The number of epoxide rings is 2. The highest BCUT2D eigenvalue weighted by Crippen LogP contribution is 2.21. The zero-order valence-electron chi connectivity index (χ0n) is 33.0. The second-order valence-electron chi connectivity index (χ2n) is 12.8. The predicted octanol–water partition coefficient (Wildman–Crippen LogP) is 10.9. The molecule has 0 radical (unpaired) electrons. The van der Waals surface area contributed by atoms with Gasteiger partial charge >= 0.3 is 0 Å². The van der Waals surface area contributed by atoms with Gasteiger partial charge in [0.25, 0.3) is 0 Å². The van der Waals surface area contributed by atoms with Crippen LogP contribution in [0.2, 0.25) is 0 Å². The monoisotopic (exact) mass is 764 g/mol. The van der Waals surface area contributed by atoms with Crippen LogP contribution in [0.1, 0.15) is 77.8 Å². The average Bonchev–Trinajstić information content (AvgIpc) is 4.21. The highest BCUT2D eigenvalue weighted by Gasteiger charge is 2.23. The molecule has 2 aliphatic heterocycles. The maximum atomic E-state index is 9.03. The third kappa shape index (κ3) is 20.1. The van der Waals surface area contributed by atoms with Crippen molar-refractivity contribution in [3.63, 3.8) is 0 Å². The summed E-state index contributed by atoms with van der Waals surface area (Å²) in [5.74, 6) is 2.51. The lowest BCUT2D eigenvalue weighted by Gasteiger charge is -2.05. The lowest BCUT2D eigenvalue weighted by molar-refractivity contribution is 0.255. The van der Waals surface area contributed by atoms with Crippen molar-refractivity contribution in [1.29, 1.82) is 0 Å². The Morgan fingerprint density at radius 2 is 1.05 bits per heavy atom. The van der Waals surface area contributed by atoms with Crippen LogP contribution in [-0.2, 0) is 22.7 Å². The highest BCUT2D eigenvalue weighted by atomic mass is 16.6. The number of hydrogen-bond acceptors (Lipinski definition) is 7. The number of para-hydroxylation sites is 2. The highest BCUT2D eigenvalue weighted by molar-refractivity contribution is 5.74. The van der Waals surface area contributed by atoms with Crippen molar-refractivity contribution >= 4 is 5.57 Å². The molecule has 0 bridgehead atoms. The summed E-state index contributed by atoms with van der Waals surface area (Å²) in [7, 11) is 0. The molecule has 2 unspecified atom stereocenters. The van der Waals surface area contributed by atoms with Crippen molar-refractivity contribution in [3.05, 3.63) is 157 Å². The predicted molar refractivity (Wildman–Crippen MR) is 231 cm³/mol. The van der Waals surface area contributed by atoms with Crippen LogP contribution in [0.15, 0.2) is 140 Å². The molecule has 1 aliphatic carbocycles. The molecule has 56 heavy (non-hydrogen) atoms. The first-order chi connectivity index (χ1) is 27.0. The SMILES string of the molecule is C.C1=CC(c2ccccc2)=CCC1.CCC.CCC.OCc1nc(-c2ccccc2)[nH]c1CO.c1ccc(OCC2CO2)cc1.c1ccc(OCC2CO2)cc1. The number of H-pyrrole nitrogens is 1. The number of nitrogens with zero attached hydrogens (tertiary/aromatic N) is 1. The summed E-state index contributed by atoms with van der Waals surface area (Å²) in [6, 6.07) is 39.7. The first-order valence-electron chi connectivity index (χ1n) is 19.4. The van der Waals surface area contributed by atoms with E-state index < -0.39 is 0 Å². The number of allylic oxidation sites excluding steroid dienone is 4. The van der Waals surface area contributed by atoms with Gasteiger partial charge in [-0.2, -0.15) is 0 Å². The van der Waals surface area contributed by atoms with Crippen LogP contribution in [-0.4, -0.2) is 58.8 Å². The molecule has 4 aromatic carbocycles. The number of aliphatic hydroxyl groups is 2. The Kier molecular flexibility index (Phi) is 24.7. The molecule has 2 atom stereocenters. The van der Waals surface area contributed by atoms with E-state index in [4.69, 9.17) is 29.2 Å². The first-order valence-corrected chi connectivity index (χ1v) is 19.4. The number of nitrogens with one attached hydrogen (secondary N) is 1. The Morgan fingerprint density at radius 1 is 0.625 bits per heavy atom. The van der Waals surface area contributed by atoms with E-state index >= 15 is 0 Å². The number of hydrogen-bond donors (Lipinski definition) is 3. The second-order valence-corrected chi connectivity index (χ2v) is 12.8. The number of benzene rings is 4. The molecule has 302 valence electrons. The molecule has 0 spiro atoms. The fraction of sp³-hybridized carbons (Fsp3) is 0.354. The van der Waals surface area contributed by atoms with E-state index in [2.05, 4.69) is 86.2 Å². The van der Waals surface area contributed by atoms with Gasteiger partial charge in [-0.05, 0) is 48.2 Å². The van der Waals surface area contributed by atoms with Crippen molar-refractivity contribution in [2.75, 3.05) is 26.4 Å². The van der Waals surface area contributed by atoms with Gasteiger partial charge in [-0.15, -0.1) is 0 Å². The lowest BCUT2D eigenvalue weighted by atomic mass is 10.00. The van der Waals surface area contributed by atoms with Crippen LogP contribution in [0.5, 0.6) is 11.5 Å². The third-order valence-corrected chi connectivity index (χ3v) is 7.48. The summed E-state index contributed by atoms with van der Waals surface area (Å²) in [5, 5.41) is 18.0. The van der Waals surface area contributed by atoms with Gasteiger partial charge in [0.15, 0.2) is 0 Å². The summed E-state index contributed by atoms with van der Waals surface area (Å²) in [6.07, 6.45) is 12.3. The Hall–Kier alpha value is -4.99. The molecule has 8 heteroatoms. The fourth-order valence-corrected chi connectivity index (χ4v) is 4.64. The zero-order chi connectivity index (χ0) is 39.4. The standard InChI is InChI=1S/C12H12.C11H12N2O2.2C9H10O2.2C3H8.CH4/c1-3-7-11(8-4-1)12-9-5-2-6-10-12;14-6-9-10(7-15)13-11(12-9)8-4-2-1-3-5-8;2*1-2-4-8(5-3-1)10-6-9-7-11-9;2*1-3-2;/h1,3-5,7-10H,2,6H2;1-5,14-15H,6-7H2,(H,12,13);2*1-5,9H,6-7H2;2*3H2,1-2H3;1H4. The van der Waals surface area contributed by atoms with Gasteiger partial charge in [-0.1, -0.05) is 163 Å². The first kappa shape index (κ1) is 47.2. The lowest BCUT2D eigenvalue weighted by Crippen LogP contribution is -2.03. The molecule has 8 rings (SSSR count). The number of rotatable bonds is 10. The Morgan fingerprint density at radius 3 is 1.41 bits per heavy atom. The van der Waals surface area contributed by atoms with Crippen molar-refractivity contribution < 1.29 is 29.2 Å². The average molecular weight is 765 g/mol. The van der Waals surface area contributed by atoms with E-state index in [-0.39, 0.29) is 20.6 Å². The molecule has 5 aromatic rings. The second kappa shape index (κ2) is 29.3. The number of aliphatic hydroxyl groups excluding tert-OH is 2. The molecule has 8 nitrogen and oxygen atoms in total. The normalized spacial score (nSPS) is 15.2. The number of aromatic amines is 1. The van der Waals surface area contributed by atoms with Crippen LogP contribution < -0.4 is 9.47 Å². The molecule has 3 heterocycles. The molecule has 2 fully saturated rings. The van der Waals surface area contributed by atoms with Gasteiger partial charge in [-0.25, -0.2) is 4.98 Å². The van der Waals surface area contributed by atoms with Crippen LogP contribution in [0.25, 0.3) is 17.0 Å². The third-order valence-electron chi connectivity index (χ3n) is 7.48. The van der Waals surface area contributed by atoms with E-state index in [0.717, 1.165) is 30.3 Å². The smallest absolute Gasteiger partial charge is 0.137 e. The largest absolute Gasteiger partial charge is 0.491 e. The summed E-state index contributed by atoms with van der Waals surface area (Å²) in [6.45, 7) is 11.3. The van der Waals surface area contributed by atoms with E-state index in [1.807, 2.05) is 91.0 Å². The van der Waals surface area contributed by atoms with Crippen molar-refractivity contribution in [3.8, 4) is 22.9 Å². The molecule has 3 N–H and O–H groups in total. The Labute approximate surface area is 335 Å². The molecule has 2 saturated heterocycles. The quantitative estimate of drug-likeness (QED) is 0.121. The van der Waals surface area contributed by atoms with Crippen molar-refractivity contribution in [1.82, 2.24) is 9.97 Å². The Balaban J connectivity index is 0.000000246. The molecule has 1 aromatic heterocycles. The minimum Gasteiger partial charge on any atom is -0.491 e. The summed E-state index contributed by atoms with van der Waals surface area (Å²) >= 11 is 0. The summed E-state index contributed by atoms with van der Waals surface area (Å²) < 4.78 is 20.8. The molecular weight excluding hydrogens is 701 g/mol. The van der Waals surface area contributed by atoms with E-state index in [9.17, 15) is 0 Å². The molecule has 0 saturated carbocycles. The molecule has 0 amide bonds. The van der Waals surface area contributed by atoms with E-state index in [1.165, 1.54) is 36.8 Å². The van der Waals surface area contributed by atoms with Gasteiger partial charge in [0.05, 0.1) is 37.8 Å². The van der Waals surface area contributed by atoms with Crippen LogP contribution >= 0.6 is 0 Å². The number of imidazole rings is 1. The van der Waals surface area contributed by atoms with Gasteiger partial charge < -0.3 is 34.1 Å².